The van der Waals surface area contributed by atoms with E-state index in [9.17, 15) is 0 Å². The largest absolute Gasteiger partial charge is 0.376 e. The van der Waals surface area contributed by atoms with Crippen LogP contribution in [0.4, 0.5) is 0 Å². The average molecular weight is 508 g/mol. The first-order valence-electron chi connectivity index (χ1n) is 11.2. The Morgan fingerprint density at radius 3 is 2.57 bits per heavy atom. The van der Waals surface area contributed by atoms with Crippen LogP contribution in [0.3, 0.4) is 0 Å². The number of piperidine rings is 1. The van der Waals surface area contributed by atoms with Gasteiger partial charge in [0.15, 0.2) is 5.96 Å². The van der Waals surface area contributed by atoms with Gasteiger partial charge in [-0.2, -0.15) is 0 Å². The molecule has 1 aliphatic carbocycles. The van der Waals surface area contributed by atoms with E-state index < -0.39 is 0 Å². The second-order valence-corrected chi connectivity index (χ2v) is 8.45. The van der Waals surface area contributed by atoms with Gasteiger partial charge in [0.2, 0.25) is 0 Å². The van der Waals surface area contributed by atoms with E-state index in [2.05, 4.69) is 36.0 Å². The monoisotopic (exact) mass is 508 g/mol. The van der Waals surface area contributed by atoms with Gasteiger partial charge in [0.25, 0.3) is 0 Å². The van der Waals surface area contributed by atoms with Gasteiger partial charge in [0.1, 0.15) is 0 Å². The molecule has 164 valence electrons. The minimum Gasteiger partial charge on any atom is -0.376 e. The van der Waals surface area contributed by atoms with Gasteiger partial charge in [-0.1, -0.05) is 0 Å². The standard InChI is InChI=1S/C21H40N4O2.HI/c1-4-22-21(23-15-17(2)24(3)18-8-9-18)25-12-10-19(11-13-25)27-16-20-7-5-6-14-26-20;/h17-20H,4-16H2,1-3H3,(H,22,23);1H. The Kier molecular flexibility index (Phi) is 10.8. The highest BCUT2D eigenvalue weighted by molar-refractivity contribution is 14.0. The van der Waals surface area contributed by atoms with Crippen molar-refractivity contribution in [2.24, 2.45) is 4.99 Å². The number of hydrogen-bond donors (Lipinski definition) is 1. The zero-order valence-electron chi connectivity index (χ0n) is 18.1. The molecule has 2 unspecified atom stereocenters. The summed E-state index contributed by atoms with van der Waals surface area (Å²) < 4.78 is 11.9. The number of rotatable bonds is 8. The second kappa shape index (κ2) is 12.5. The Hall–Kier alpha value is -0.120. The SMILES string of the molecule is CCNC(=NCC(C)N(C)C1CC1)N1CCC(OCC2CCCCO2)CC1.I. The van der Waals surface area contributed by atoms with Crippen LogP contribution >= 0.6 is 24.0 Å². The smallest absolute Gasteiger partial charge is 0.193 e. The first kappa shape index (κ1) is 24.2. The summed E-state index contributed by atoms with van der Waals surface area (Å²) in [5.74, 6) is 1.07. The molecule has 0 aromatic rings. The third kappa shape index (κ3) is 7.61. The van der Waals surface area contributed by atoms with Crippen LogP contribution < -0.4 is 5.32 Å². The molecule has 0 amide bonds. The molecule has 2 heterocycles. The van der Waals surface area contributed by atoms with E-state index in [0.717, 1.165) is 70.7 Å². The van der Waals surface area contributed by atoms with Crippen molar-refractivity contribution in [3.63, 3.8) is 0 Å². The van der Waals surface area contributed by atoms with Crippen molar-refractivity contribution < 1.29 is 9.47 Å². The molecule has 0 spiro atoms. The Morgan fingerprint density at radius 1 is 1.21 bits per heavy atom. The fraction of sp³-hybridized carbons (Fsp3) is 0.952. The minimum absolute atomic E-state index is 0. The number of guanidine groups is 1. The summed E-state index contributed by atoms with van der Waals surface area (Å²) in [5.41, 5.74) is 0. The quantitative estimate of drug-likeness (QED) is 0.310. The zero-order chi connectivity index (χ0) is 19.1. The van der Waals surface area contributed by atoms with Crippen molar-refractivity contribution in [3.8, 4) is 0 Å². The van der Waals surface area contributed by atoms with Gasteiger partial charge in [-0.15, -0.1) is 24.0 Å². The van der Waals surface area contributed by atoms with Gasteiger partial charge in [0, 0.05) is 38.3 Å². The summed E-state index contributed by atoms with van der Waals surface area (Å²) in [5, 5.41) is 3.49. The lowest BCUT2D eigenvalue weighted by atomic mass is 10.1. The van der Waals surface area contributed by atoms with Crippen LogP contribution in [0.15, 0.2) is 4.99 Å². The summed E-state index contributed by atoms with van der Waals surface area (Å²) in [4.78, 5) is 9.84. The van der Waals surface area contributed by atoms with Gasteiger partial charge in [-0.05, 0) is 65.8 Å². The minimum atomic E-state index is 0. The van der Waals surface area contributed by atoms with Gasteiger partial charge < -0.3 is 19.7 Å². The van der Waals surface area contributed by atoms with E-state index in [-0.39, 0.29) is 24.0 Å². The number of aliphatic imine (C=N–C) groups is 1. The van der Waals surface area contributed by atoms with Crippen LogP contribution in [0.2, 0.25) is 0 Å². The van der Waals surface area contributed by atoms with Gasteiger partial charge in [-0.25, -0.2) is 0 Å². The highest BCUT2D eigenvalue weighted by Crippen LogP contribution is 2.27. The number of nitrogens with one attached hydrogen (secondary N) is 1. The maximum Gasteiger partial charge on any atom is 0.193 e. The number of nitrogens with zero attached hydrogens (tertiary/aromatic N) is 3. The lowest BCUT2D eigenvalue weighted by Gasteiger charge is -2.35. The zero-order valence-corrected chi connectivity index (χ0v) is 20.4. The Balaban J connectivity index is 0.00000280. The van der Waals surface area contributed by atoms with Crippen LogP contribution in [0.5, 0.6) is 0 Å². The number of ether oxygens (including phenoxy) is 2. The molecule has 3 aliphatic rings. The Labute approximate surface area is 188 Å². The van der Waals surface area contributed by atoms with Crippen LogP contribution in [-0.2, 0) is 9.47 Å². The highest BCUT2D eigenvalue weighted by atomic mass is 127. The van der Waals surface area contributed by atoms with Gasteiger partial charge >= 0.3 is 0 Å². The molecule has 6 nitrogen and oxygen atoms in total. The molecule has 0 aromatic heterocycles. The van der Waals surface area contributed by atoms with Crippen LogP contribution in [0.25, 0.3) is 0 Å². The molecule has 2 saturated heterocycles. The molecule has 2 atom stereocenters. The third-order valence-electron chi connectivity index (χ3n) is 6.19. The van der Waals surface area contributed by atoms with Crippen molar-refractivity contribution >= 4 is 29.9 Å². The molecule has 0 bridgehead atoms. The van der Waals surface area contributed by atoms with E-state index in [4.69, 9.17) is 14.5 Å². The second-order valence-electron chi connectivity index (χ2n) is 8.45. The lowest BCUT2D eigenvalue weighted by Crippen LogP contribution is -2.48. The van der Waals surface area contributed by atoms with E-state index >= 15 is 0 Å². The van der Waals surface area contributed by atoms with Crippen molar-refractivity contribution in [1.29, 1.82) is 0 Å². The number of likely N-dealkylation sites (N-methyl/N-ethyl adjacent to an activating group) is 1. The Morgan fingerprint density at radius 2 is 1.96 bits per heavy atom. The van der Waals surface area contributed by atoms with Gasteiger partial charge in [-0.3, -0.25) is 9.89 Å². The van der Waals surface area contributed by atoms with Crippen molar-refractivity contribution in [2.45, 2.75) is 83.1 Å². The normalized spacial score (nSPS) is 25.5. The molecular formula is C21H41IN4O2. The lowest BCUT2D eigenvalue weighted by molar-refractivity contribution is -0.0721. The molecule has 3 rings (SSSR count). The molecular weight excluding hydrogens is 467 g/mol. The summed E-state index contributed by atoms with van der Waals surface area (Å²) in [7, 11) is 2.24. The first-order valence-corrected chi connectivity index (χ1v) is 11.2. The highest BCUT2D eigenvalue weighted by Gasteiger charge is 2.29. The maximum atomic E-state index is 6.15. The molecule has 3 fully saturated rings. The number of likely N-dealkylation sites (tertiary alicyclic amines) is 1. The molecule has 1 N–H and O–H groups in total. The fourth-order valence-electron chi connectivity index (χ4n) is 4.03. The summed E-state index contributed by atoms with van der Waals surface area (Å²) in [6.45, 7) is 9.94. The van der Waals surface area contributed by atoms with Gasteiger partial charge in [0.05, 0.1) is 25.4 Å². The Bertz CT molecular complexity index is 461. The topological polar surface area (TPSA) is 49.3 Å². The first-order chi connectivity index (χ1) is 13.2. The maximum absolute atomic E-state index is 6.15. The average Bonchev–Trinajstić information content (AvgIpc) is 3.55. The van der Waals surface area contributed by atoms with E-state index in [1.165, 1.54) is 25.7 Å². The van der Waals surface area contributed by atoms with Crippen LogP contribution in [0.1, 0.15) is 58.8 Å². The summed E-state index contributed by atoms with van der Waals surface area (Å²) in [6.07, 6.45) is 9.19. The summed E-state index contributed by atoms with van der Waals surface area (Å²) in [6, 6.07) is 1.29. The van der Waals surface area contributed by atoms with Crippen LogP contribution in [-0.4, -0.2) is 86.5 Å². The molecule has 0 radical (unpaired) electrons. The van der Waals surface area contributed by atoms with Crippen molar-refractivity contribution in [3.05, 3.63) is 0 Å². The number of hydrogen-bond acceptors (Lipinski definition) is 4. The van der Waals surface area contributed by atoms with E-state index in [1.807, 2.05) is 0 Å². The fourth-order valence-corrected chi connectivity index (χ4v) is 4.03. The van der Waals surface area contributed by atoms with E-state index in [0.29, 0.717) is 18.2 Å². The van der Waals surface area contributed by atoms with Crippen LogP contribution in [0, 0.1) is 0 Å². The third-order valence-corrected chi connectivity index (χ3v) is 6.19. The summed E-state index contributed by atoms with van der Waals surface area (Å²) >= 11 is 0. The number of halogens is 1. The molecule has 0 aromatic carbocycles. The molecule has 1 saturated carbocycles. The predicted molar refractivity (Wildman–Crippen MR) is 126 cm³/mol. The van der Waals surface area contributed by atoms with Crippen molar-refractivity contribution in [2.75, 3.05) is 46.4 Å². The van der Waals surface area contributed by atoms with E-state index in [1.54, 1.807) is 0 Å². The molecule has 7 heteroatoms. The molecule has 2 aliphatic heterocycles. The van der Waals surface area contributed by atoms with Crippen molar-refractivity contribution in [1.82, 2.24) is 15.1 Å². The predicted octanol–water partition coefficient (Wildman–Crippen LogP) is 3.10. The molecule has 28 heavy (non-hydrogen) atoms.